The highest BCUT2D eigenvalue weighted by molar-refractivity contribution is 9.10. The number of nitrogens with one attached hydrogen (secondary N) is 1. The molecule has 1 unspecified atom stereocenters. The number of hydrogen-bond donors (Lipinski definition) is 2. The molecule has 0 aromatic heterocycles. The molecule has 1 fully saturated rings. The highest BCUT2D eigenvalue weighted by atomic mass is 79.9. The first kappa shape index (κ1) is 27.8. The van der Waals surface area contributed by atoms with Crippen LogP contribution in [0.2, 0.25) is 0 Å². The van der Waals surface area contributed by atoms with Crippen LogP contribution in [0.25, 0.3) is 0 Å². The fraction of sp³-hybridized carbons (Fsp3) is 0.538. The molecule has 1 atom stereocenters. The van der Waals surface area contributed by atoms with Crippen LogP contribution in [-0.4, -0.2) is 23.8 Å². The molecule has 1 aliphatic carbocycles. The molecule has 0 bridgehead atoms. The SMILES string of the molecule is O=[P+](O)OCCCNCc1ccc(SCCCCC2(c3ccccc3F)CCCCC2)c(Br)c1. The summed E-state index contributed by atoms with van der Waals surface area (Å²) in [6, 6.07) is 13.8. The Kier molecular flexibility index (Phi) is 12.0. The van der Waals surface area contributed by atoms with Gasteiger partial charge in [0.15, 0.2) is 0 Å². The number of thioether (sulfide) groups is 1. The Balaban J connectivity index is 1.41. The van der Waals surface area contributed by atoms with Gasteiger partial charge in [-0.3, -0.25) is 0 Å². The third kappa shape index (κ3) is 8.69. The van der Waals surface area contributed by atoms with Crippen molar-refractivity contribution >= 4 is 35.9 Å². The first-order valence-electron chi connectivity index (χ1n) is 12.2. The van der Waals surface area contributed by atoms with Crippen molar-refractivity contribution in [3.63, 3.8) is 0 Å². The number of rotatable bonds is 14. The van der Waals surface area contributed by atoms with E-state index in [9.17, 15) is 8.96 Å². The summed E-state index contributed by atoms with van der Waals surface area (Å²) >= 11 is 5.57. The molecule has 0 amide bonds. The van der Waals surface area contributed by atoms with Gasteiger partial charge in [0.1, 0.15) is 12.4 Å². The lowest BCUT2D eigenvalue weighted by Crippen LogP contribution is -2.30. The molecule has 34 heavy (non-hydrogen) atoms. The van der Waals surface area contributed by atoms with Crippen molar-refractivity contribution in [2.75, 3.05) is 18.9 Å². The maximum Gasteiger partial charge on any atom is 0.694 e. The van der Waals surface area contributed by atoms with Gasteiger partial charge in [-0.2, -0.15) is 0 Å². The molecule has 0 saturated heterocycles. The van der Waals surface area contributed by atoms with Crippen LogP contribution in [0.1, 0.15) is 68.9 Å². The molecule has 0 aliphatic heterocycles. The van der Waals surface area contributed by atoms with E-state index in [0.717, 1.165) is 61.0 Å². The molecule has 2 aromatic carbocycles. The minimum absolute atomic E-state index is 0.0192. The molecule has 1 saturated carbocycles. The number of benzene rings is 2. The molecule has 8 heteroatoms. The number of hydrogen-bond acceptors (Lipinski definition) is 4. The van der Waals surface area contributed by atoms with Gasteiger partial charge in [0.2, 0.25) is 0 Å². The summed E-state index contributed by atoms with van der Waals surface area (Å²) in [6.07, 6.45) is 9.89. The molecule has 0 heterocycles. The van der Waals surface area contributed by atoms with Gasteiger partial charge in [0.25, 0.3) is 0 Å². The molecule has 2 N–H and O–H groups in total. The zero-order chi connectivity index (χ0) is 24.2. The zero-order valence-electron chi connectivity index (χ0n) is 19.6. The minimum Gasteiger partial charge on any atom is -0.313 e. The van der Waals surface area contributed by atoms with Crippen LogP contribution >= 0.6 is 35.9 Å². The van der Waals surface area contributed by atoms with Crippen LogP contribution in [0.5, 0.6) is 0 Å². The third-order valence-corrected chi connectivity index (χ3v) is 9.07. The Morgan fingerprint density at radius 3 is 2.65 bits per heavy atom. The summed E-state index contributed by atoms with van der Waals surface area (Å²) in [5.74, 6) is 1.02. The van der Waals surface area contributed by atoms with Crippen LogP contribution in [-0.2, 0) is 21.0 Å². The van der Waals surface area contributed by atoms with Crippen molar-refractivity contribution in [1.82, 2.24) is 5.32 Å². The lowest BCUT2D eigenvalue weighted by molar-refractivity contribution is 0.260. The van der Waals surface area contributed by atoms with E-state index in [-0.39, 0.29) is 17.8 Å². The van der Waals surface area contributed by atoms with Gasteiger partial charge in [-0.25, -0.2) is 4.39 Å². The van der Waals surface area contributed by atoms with E-state index in [1.807, 2.05) is 23.9 Å². The Morgan fingerprint density at radius 2 is 1.91 bits per heavy atom. The van der Waals surface area contributed by atoms with E-state index in [2.05, 4.69) is 44.0 Å². The molecule has 0 radical (unpaired) electrons. The summed E-state index contributed by atoms with van der Waals surface area (Å²) in [5, 5.41) is 3.32. The lowest BCUT2D eigenvalue weighted by Gasteiger charge is -2.38. The normalized spacial score (nSPS) is 15.9. The summed E-state index contributed by atoms with van der Waals surface area (Å²) in [7, 11) is -2.50. The molecule has 4 nitrogen and oxygen atoms in total. The van der Waals surface area contributed by atoms with Gasteiger partial charge < -0.3 is 5.32 Å². The van der Waals surface area contributed by atoms with E-state index in [1.165, 1.54) is 29.7 Å². The van der Waals surface area contributed by atoms with Crippen LogP contribution in [0.4, 0.5) is 4.39 Å². The fourth-order valence-corrected chi connectivity index (χ4v) is 6.85. The average Bonchev–Trinajstić information content (AvgIpc) is 2.83. The van der Waals surface area contributed by atoms with E-state index < -0.39 is 8.25 Å². The van der Waals surface area contributed by atoms with Crippen molar-refractivity contribution in [3.05, 3.63) is 63.9 Å². The monoisotopic (exact) mass is 570 g/mol. The molecule has 186 valence electrons. The Bertz CT molecular complexity index is 927. The summed E-state index contributed by atoms with van der Waals surface area (Å²) in [5.41, 5.74) is 2.14. The van der Waals surface area contributed by atoms with Gasteiger partial charge in [-0.05, 0) is 95.1 Å². The lowest BCUT2D eigenvalue weighted by atomic mass is 9.66. The van der Waals surface area contributed by atoms with Crippen molar-refractivity contribution in [3.8, 4) is 0 Å². The summed E-state index contributed by atoms with van der Waals surface area (Å²) in [6.45, 7) is 1.75. The third-order valence-electron chi connectivity index (χ3n) is 6.59. The van der Waals surface area contributed by atoms with Crippen molar-refractivity contribution in [2.45, 2.75) is 74.6 Å². The summed E-state index contributed by atoms with van der Waals surface area (Å²) in [4.78, 5) is 9.85. The standard InChI is InChI=1S/C26H34BrFNO3PS/c27-23-19-21(20-29-16-8-17-32-33(30)31)11-12-25(23)34-18-7-6-15-26(13-4-1-5-14-26)22-9-2-3-10-24(22)28/h2-3,9-12,19,29H,1,4-8,13-18,20H2/p+1. The quantitative estimate of drug-likeness (QED) is 0.137. The minimum atomic E-state index is -2.50. The maximum atomic E-state index is 14.6. The van der Waals surface area contributed by atoms with Crippen LogP contribution < -0.4 is 5.32 Å². The molecular formula is C26H35BrFNO3PS+. The van der Waals surface area contributed by atoms with Crippen molar-refractivity contribution in [2.24, 2.45) is 0 Å². The van der Waals surface area contributed by atoms with Crippen LogP contribution in [0.15, 0.2) is 51.8 Å². The van der Waals surface area contributed by atoms with Gasteiger partial charge >= 0.3 is 8.25 Å². The van der Waals surface area contributed by atoms with E-state index in [0.29, 0.717) is 6.42 Å². The van der Waals surface area contributed by atoms with E-state index >= 15 is 0 Å². The van der Waals surface area contributed by atoms with Crippen LogP contribution in [0.3, 0.4) is 0 Å². The van der Waals surface area contributed by atoms with E-state index in [4.69, 9.17) is 4.89 Å². The molecule has 0 spiro atoms. The smallest absolute Gasteiger partial charge is 0.313 e. The first-order chi connectivity index (χ1) is 16.5. The Hall–Kier alpha value is -0.820. The van der Waals surface area contributed by atoms with E-state index in [1.54, 1.807) is 12.1 Å². The Morgan fingerprint density at radius 1 is 1.12 bits per heavy atom. The second kappa shape index (κ2) is 14.7. The highest BCUT2D eigenvalue weighted by Crippen LogP contribution is 2.44. The van der Waals surface area contributed by atoms with Crippen LogP contribution in [0, 0.1) is 5.82 Å². The summed E-state index contributed by atoms with van der Waals surface area (Å²) < 4.78 is 30.8. The highest BCUT2D eigenvalue weighted by Gasteiger charge is 2.35. The largest absolute Gasteiger partial charge is 0.694 e. The molecule has 2 aromatic rings. The fourth-order valence-electron chi connectivity index (χ4n) is 4.87. The second-order valence-electron chi connectivity index (χ2n) is 8.99. The molecule has 3 rings (SSSR count). The predicted octanol–water partition coefficient (Wildman–Crippen LogP) is 7.90. The molecular weight excluding hydrogens is 536 g/mol. The van der Waals surface area contributed by atoms with Crippen molar-refractivity contribution in [1.29, 1.82) is 0 Å². The number of halogens is 2. The van der Waals surface area contributed by atoms with Gasteiger partial charge in [-0.1, -0.05) is 49.9 Å². The first-order valence-corrected chi connectivity index (χ1v) is 15.1. The van der Waals surface area contributed by atoms with Gasteiger partial charge in [-0.15, -0.1) is 21.2 Å². The predicted molar refractivity (Wildman–Crippen MR) is 142 cm³/mol. The molecule has 1 aliphatic rings. The zero-order valence-corrected chi connectivity index (χ0v) is 22.9. The van der Waals surface area contributed by atoms with Gasteiger partial charge in [0, 0.05) is 20.5 Å². The Labute approximate surface area is 216 Å². The number of unbranched alkanes of at least 4 members (excludes halogenated alkanes) is 1. The second-order valence-corrected chi connectivity index (χ2v) is 11.7. The maximum absolute atomic E-state index is 14.6. The topological polar surface area (TPSA) is 58.6 Å². The average molecular weight is 572 g/mol. The van der Waals surface area contributed by atoms with Crippen molar-refractivity contribution < 1.29 is 18.4 Å². The van der Waals surface area contributed by atoms with Gasteiger partial charge in [0.05, 0.1) is 0 Å².